The van der Waals surface area contributed by atoms with E-state index in [-0.39, 0.29) is 11.1 Å². The molecule has 0 aliphatic rings. The number of rotatable bonds is 4. The predicted octanol–water partition coefficient (Wildman–Crippen LogP) is 3.23. The molecule has 0 aliphatic heterocycles. The average molecular weight is 313 g/mol. The number of aromatic nitrogens is 3. The van der Waals surface area contributed by atoms with Crippen LogP contribution in [0.25, 0.3) is 0 Å². The normalized spacial score (nSPS) is 10.4. The molecule has 3 aromatic rings. The number of hydrogen-bond acceptors (Lipinski definition) is 3. The van der Waals surface area contributed by atoms with Crippen molar-refractivity contribution in [2.45, 2.75) is 6.54 Å². The van der Waals surface area contributed by atoms with Crippen LogP contribution < -0.4 is 5.32 Å². The fourth-order valence-corrected chi connectivity index (χ4v) is 2.27. The standard InChI is InChI=1S/C16H13ClN4O/c17-14-9-15(19-11-18-14)20-16(22)13-7-4-8-21(13)10-12-5-2-1-3-6-12/h1-9,11H,10H2,(H,18,19,20,22). The van der Waals surface area contributed by atoms with Gasteiger partial charge in [0.15, 0.2) is 0 Å². The molecule has 0 aliphatic carbocycles. The van der Waals surface area contributed by atoms with Gasteiger partial charge in [0.25, 0.3) is 5.91 Å². The predicted molar refractivity (Wildman–Crippen MR) is 85.0 cm³/mol. The van der Waals surface area contributed by atoms with Gasteiger partial charge in [-0.3, -0.25) is 4.79 Å². The highest BCUT2D eigenvalue weighted by Crippen LogP contribution is 2.12. The summed E-state index contributed by atoms with van der Waals surface area (Å²) >= 11 is 5.78. The third-order valence-corrected chi connectivity index (χ3v) is 3.34. The molecule has 2 heterocycles. The second kappa shape index (κ2) is 6.41. The van der Waals surface area contributed by atoms with Crippen molar-refractivity contribution in [3.8, 4) is 0 Å². The Labute approximate surface area is 132 Å². The lowest BCUT2D eigenvalue weighted by atomic mass is 10.2. The molecule has 0 atom stereocenters. The molecule has 0 saturated carbocycles. The molecule has 0 fully saturated rings. The number of benzene rings is 1. The van der Waals surface area contributed by atoms with Gasteiger partial charge in [0, 0.05) is 18.8 Å². The first-order valence-corrected chi connectivity index (χ1v) is 7.08. The lowest BCUT2D eigenvalue weighted by Crippen LogP contribution is -2.18. The summed E-state index contributed by atoms with van der Waals surface area (Å²) in [5.41, 5.74) is 1.68. The van der Waals surface area contributed by atoms with Crippen molar-refractivity contribution in [3.05, 3.63) is 77.5 Å². The minimum Gasteiger partial charge on any atom is -0.339 e. The van der Waals surface area contributed by atoms with E-state index in [1.165, 1.54) is 12.4 Å². The first-order valence-electron chi connectivity index (χ1n) is 6.70. The number of nitrogens with zero attached hydrogens (tertiary/aromatic N) is 3. The molecule has 22 heavy (non-hydrogen) atoms. The van der Waals surface area contributed by atoms with Gasteiger partial charge in [-0.2, -0.15) is 0 Å². The smallest absolute Gasteiger partial charge is 0.273 e. The number of carbonyl (C=O) groups excluding carboxylic acids is 1. The molecular weight excluding hydrogens is 300 g/mol. The Hall–Kier alpha value is -2.66. The van der Waals surface area contributed by atoms with Crippen molar-refractivity contribution < 1.29 is 4.79 Å². The molecule has 1 N–H and O–H groups in total. The van der Waals surface area contributed by atoms with E-state index in [0.29, 0.717) is 18.1 Å². The maximum Gasteiger partial charge on any atom is 0.273 e. The van der Waals surface area contributed by atoms with Crippen LogP contribution in [0, 0.1) is 0 Å². The van der Waals surface area contributed by atoms with Crippen LogP contribution in [-0.4, -0.2) is 20.4 Å². The third kappa shape index (κ3) is 3.32. The topological polar surface area (TPSA) is 59.8 Å². The van der Waals surface area contributed by atoms with Crippen molar-refractivity contribution in [1.82, 2.24) is 14.5 Å². The van der Waals surface area contributed by atoms with Crippen LogP contribution in [0.2, 0.25) is 5.15 Å². The quantitative estimate of drug-likeness (QED) is 0.752. The van der Waals surface area contributed by atoms with E-state index in [9.17, 15) is 4.79 Å². The Kier molecular flexibility index (Phi) is 4.16. The number of halogens is 1. The van der Waals surface area contributed by atoms with Gasteiger partial charge >= 0.3 is 0 Å². The molecular formula is C16H13ClN4O. The van der Waals surface area contributed by atoms with Gasteiger partial charge in [-0.15, -0.1) is 0 Å². The second-order valence-corrected chi connectivity index (χ2v) is 5.07. The lowest BCUT2D eigenvalue weighted by Gasteiger charge is -2.09. The number of carbonyl (C=O) groups is 1. The fourth-order valence-electron chi connectivity index (χ4n) is 2.12. The van der Waals surface area contributed by atoms with Crippen molar-refractivity contribution in [1.29, 1.82) is 0 Å². The van der Waals surface area contributed by atoms with Crippen molar-refractivity contribution >= 4 is 23.3 Å². The van der Waals surface area contributed by atoms with Crippen LogP contribution in [0.3, 0.4) is 0 Å². The summed E-state index contributed by atoms with van der Waals surface area (Å²) in [5, 5.41) is 3.00. The molecule has 2 aromatic heterocycles. The van der Waals surface area contributed by atoms with Gasteiger partial charge in [0.05, 0.1) is 0 Å². The van der Waals surface area contributed by atoms with Gasteiger partial charge in [-0.1, -0.05) is 41.9 Å². The highest BCUT2D eigenvalue weighted by Gasteiger charge is 2.12. The molecule has 1 amide bonds. The van der Waals surface area contributed by atoms with E-state index in [2.05, 4.69) is 15.3 Å². The van der Waals surface area contributed by atoms with Gasteiger partial charge < -0.3 is 9.88 Å². The van der Waals surface area contributed by atoms with Gasteiger partial charge in [-0.25, -0.2) is 9.97 Å². The van der Waals surface area contributed by atoms with Gasteiger partial charge in [0.1, 0.15) is 23.0 Å². The Bertz CT molecular complexity index is 786. The van der Waals surface area contributed by atoms with Crippen LogP contribution in [0.15, 0.2) is 61.1 Å². The summed E-state index contributed by atoms with van der Waals surface area (Å²) in [6.45, 7) is 0.626. The van der Waals surface area contributed by atoms with E-state index in [1.54, 1.807) is 6.07 Å². The molecule has 5 nitrogen and oxygen atoms in total. The summed E-state index contributed by atoms with van der Waals surface area (Å²) in [6, 6.07) is 15.1. The van der Waals surface area contributed by atoms with Gasteiger partial charge in [0.2, 0.25) is 0 Å². The van der Waals surface area contributed by atoms with E-state index in [4.69, 9.17) is 11.6 Å². The number of anilines is 1. The van der Waals surface area contributed by atoms with Crippen molar-refractivity contribution in [2.24, 2.45) is 0 Å². The Morgan fingerprint density at radius 3 is 2.73 bits per heavy atom. The molecule has 110 valence electrons. The molecule has 0 saturated heterocycles. The minimum absolute atomic E-state index is 0.240. The first kappa shape index (κ1) is 14.3. The molecule has 0 unspecified atom stereocenters. The molecule has 3 rings (SSSR count). The third-order valence-electron chi connectivity index (χ3n) is 3.13. The van der Waals surface area contributed by atoms with Crippen LogP contribution >= 0.6 is 11.6 Å². The van der Waals surface area contributed by atoms with E-state index >= 15 is 0 Å². The summed E-state index contributed by atoms with van der Waals surface area (Å²) in [6.07, 6.45) is 3.18. The maximum absolute atomic E-state index is 12.4. The second-order valence-electron chi connectivity index (χ2n) is 4.69. The molecule has 0 radical (unpaired) electrons. The summed E-state index contributed by atoms with van der Waals surface area (Å²) < 4.78 is 1.88. The monoisotopic (exact) mass is 312 g/mol. The summed E-state index contributed by atoms with van der Waals surface area (Å²) in [4.78, 5) is 20.1. The molecule has 0 bridgehead atoms. The fraction of sp³-hybridized carbons (Fsp3) is 0.0625. The zero-order chi connectivity index (χ0) is 15.4. The zero-order valence-corrected chi connectivity index (χ0v) is 12.4. The van der Waals surface area contributed by atoms with E-state index in [1.807, 2.05) is 47.2 Å². The van der Waals surface area contributed by atoms with Crippen molar-refractivity contribution in [3.63, 3.8) is 0 Å². The summed E-state index contributed by atoms with van der Waals surface area (Å²) in [5.74, 6) is 0.133. The number of hydrogen-bond donors (Lipinski definition) is 1. The highest BCUT2D eigenvalue weighted by atomic mass is 35.5. The van der Waals surface area contributed by atoms with Crippen LogP contribution in [0.4, 0.5) is 5.82 Å². The first-order chi connectivity index (χ1) is 10.7. The Morgan fingerprint density at radius 1 is 1.14 bits per heavy atom. The molecule has 6 heteroatoms. The number of amides is 1. The molecule has 1 aromatic carbocycles. The maximum atomic E-state index is 12.4. The highest BCUT2D eigenvalue weighted by molar-refractivity contribution is 6.29. The zero-order valence-electron chi connectivity index (χ0n) is 11.6. The van der Waals surface area contributed by atoms with Crippen LogP contribution in [-0.2, 0) is 6.54 Å². The van der Waals surface area contributed by atoms with Gasteiger partial charge in [-0.05, 0) is 17.7 Å². The van der Waals surface area contributed by atoms with Crippen LogP contribution in [0.5, 0.6) is 0 Å². The lowest BCUT2D eigenvalue weighted by molar-refractivity contribution is 0.101. The van der Waals surface area contributed by atoms with E-state index < -0.39 is 0 Å². The summed E-state index contributed by atoms with van der Waals surface area (Å²) in [7, 11) is 0. The Balaban J connectivity index is 1.78. The average Bonchev–Trinajstić information content (AvgIpc) is 2.96. The van der Waals surface area contributed by atoms with Crippen LogP contribution in [0.1, 0.15) is 16.1 Å². The Morgan fingerprint density at radius 2 is 1.95 bits per heavy atom. The largest absolute Gasteiger partial charge is 0.339 e. The number of nitrogens with one attached hydrogen (secondary N) is 1. The SMILES string of the molecule is O=C(Nc1cc(Cl)ncn1)c1cccn1Cc1ccccc1. The van der Waals surface area contributed by atoms with Crippen molar-refractivity contribution in [2.75, 3.05) is 5.32 Å². The van der Waals surface area contributed by atoms with E-state index in [0.717, 1.165) is 5.56 Å². The molecule has 0 spiro atoms. The minimum atomic E-state index is -0.240.